The van der Waals surface area contributed by atoms with E-state index >= 15 is 0 Å². The first kappa shape index (κ1) is 74.3. The number of aromatic nitrogens is 1. The highest BCUT2D eigenvalue weighted by atomic mass is 16.5. The van der Waals surface area contributed by atoms with E-state index in [-0.39, 0.29) is 84.1 Å². The molecule has 1 aliphatic rings. The summed E-state index contributed by atoms with van der Waals surface area (Å²) in [7, 11) is 0. The van der Waals surface area contributed by atoms with Gasteiger partial charge < -0.3 is 102 Å². The van der Waals surface area contributed by atoms with Gasteiger partial charge in [-0.3, -0.25) is 47.9 Å². The van der Waals surface area contributed by atoms with Gasteiger partial charge in [0.1, 0.15) is 66.5 Å². The van der Waals surface area contributed by atoms with E-state index in [0.29, 0.717) is 28.5 Å². The molecule has 10 amide bonds. The molecule has 0 radical (unpaired) electrons. The average Bonchev–Trinajstić information content (AvgIpc) is 1.75. The smallest absolute Gasteiger partial charge is 0.329 e. The van der Waals surface area contributed by atoms with Gasteiger partial charge in [-0.2, -0.15) is 0 Å². The average molecular weight is 1260 g/mol. The first-order valence-electron chi connectivity index (χ1n) is 30.8. The van der Waals surface area contributed by atoms with Crippen LogP contribution in [-0.4, -0.2) is 187 Å². The number of nitrogens with two attached hydrogens (primary N) is 6. The number of H-pyrrole nitrogens is 1. The molecule has 0 saturated carbocycles. The van der Waals surface area contributed by atoms with E-state index in [4.69, 9.17) is 39.1 Å². The number of aliphatic hydroxyl groups excluding tert-OH is 1. The van der Waals surface area contributed by atoms with E-state index in [1.807, 2.05) is 6.07 Å². The third-order valence-corrected chi connectivity index (χ3v) is 15.1. The molecule has 1 aliphatic heterocycles. The van der Waals surface area contributed by atoms with E-state index in [2.05, 4.69) is 65.1 Å². The number of ether oxygens (including phenoxy) is 1. The predicted molar refractivity (Wildman–Crippen MR) is 334 cm³/mol. The molecule has 1 aromatic heterocycles. The van der Waals surface area contributed by atoms with Gasteiger partial charge in [-0.1, -0.05) is 81.1 Å². The molecule has 12 atom stereocenters. The summed E-state index contributed by atoms with van der Waals surface area (Å²) >= 11 is 0. The number of carbonyl (C=O) groups excluding carboxylic acids is 11. The van der Waals surface area contributed by atoms with Gasteiger partial charge in [-0.15, -0.1) is 0 Å². The summed E-state index contributed by atoms with van der Waals surface area (Å²) < 4.78 is 5.57. The second-order valence-corrected chi connectivity index (χ2v) is 22.3. The molecule has 2 unspecified atom stereocenters. The fraction of sp³-hybridized carbons (Fsp3) is 0.583. The van der Waals surface area contributed by atoms with Gasteiger partial charge in [0.25, 0.3) is 0 Å². The lowest BCUT2D eigenvalue weighted by Crippen LogP contribution is -2.62. The maximum atomic E-state index is 14.8. The summed E-state index contributed by atoms with van der Waals surface area (Å²) in [5.41, 5.74) is 37.7. The Bertz CT molecular complexity index is 2840. The Kier molecular flexibility index (Phi) is 32.3. The summed E-state index contributed by atoms with van der Waals surface area (Å²) in [6, 6.07) is 0.857. The zero-order valence-corrected chi connectivity index (χ0v) is 51.7. The van der Waals surface area contributed by atoms with Gasteiger partial charge in [0.2, 0.25) is 59.1 Å². The predicted octanol–water partition coefficient (Wildman–Crippen LogP) is -4.42. The third-order valence-electron chi connectivity index (χ3n) is 15.1. The lowest BCUT2D eigenvalue weighted by molar-refractivity contribution is -0.154. The number of fused-ring (bicyclic) bond motifs is 1. The molecule has 0 aliphatic carbocycles. The quantitative estimate of drug-likeness (QED) is 0.0241. The molecule has 24 N–H and O–H groups in total. The molecule has 0 spiro atoms. The summed E-state index contributed by atoms with van der Waals surface area (Å²) in [6.45, 7) is 3.46. The van der Waals surface area contributed by atoms with Crippen LogP contribution in [0.3, 0.4) is 0 Å². The van der Waals surface area contributed by atoms with Crippen molar-refractivity contribution in [2.24, 2.45) is 34.4 Å². The van der Waals surface area contributed by atoms with Gasteiger partial charge >= 0.3 is 5.97 Å². The van der Waals surface area contributed by atoms with Crippen LogP contribution in [0.2, 0.25) is 0 Å². The summed E-state index contributed by atoms with van der Waals surface area (Å²) in [5, 5.41) is 37.5. The zero-order chi connectivity index (χ0) is 66.3. The van der Waals surface area contributed by atoms with Crippen molar-refractivity contribution >= 4 is 75.9 Å². The van der Waals surface area contributed by atoms with Crippen LogP contribution in [0.5, 0.6) is 0 Å². The number of hydrogen-bond acceptors (Lipinski definition) is 19. The van der Waals surface area contributed by atoms with Crippen LogP contribution in [0.4, 0.5) is 0 Å². The van der Waals surface area contributed by atoms with Crippen LogP contribution in [0, 0.1) is 0 Å². The van der Waals surface area contributed by atoms with Crippen LogP contribution in [0.25, 0.3) is 10.9 Å². The molecule has 0 bridgehead atoms. The van der Waals surface area contributed by atoms with Crippen molar-refractivity contribution in [3.8, 4) is 0 Å². The minimum atomic E-state index is -1.70. The van der Waals surface area contributed by atoms with Crippen molar-refractivity contribution in [3.05, 3.63) is 71.9 Å². The number of rotatable bonds is 28. The Morgan fingerprint density at radius 3 is 1.74 bits per heavy atom. The number of aromatic amines is 1. The van der Waals surface area contributed by atoms with E-state index in [1.54, 1.807) is 54.7 Å². The van der Waals surface area contributed by atoms with Gasteiger partial charge in [0.15, 0.2) is 0 Å². The topological polar surface area (TPSA) is 509 Å². The first-order valence-corrected chi connectivity index (χ1v) is 30.8. The van der Waals surface area contributed by atoms with Crippen molar-refractivity contribution in [2.45, 2.75) is 183 Å². The van der Waals surface area contributed by atoms with Crippen molar-refractivity contribution < 1.29 is 62.6 Å². The zero-order valence-electron chi connectivity index (χ0n) is 51.7. The molecule has 30 heteroatoms. The van der Waals surface area contributed by atoms with Crippen LogP contribution >= 0.6 is 0 Å². The van der Waals surface area contributed by atoms with Crippen LogP contribution in [0.1, 0.15) is 109 Å². The van der Waals surface area contributed by atoms with E-state index in [0.717, 1.165) is 25.7 Å². The molecule has 2 heterocycles. The highest BCUT2D eigenvalue weighted by Crippen LogP contribution is 2.20. The third kappa shape index (κ3) is 24.0. The fourth-order valence-electron chi connectivity index (χ4n) is 9.93. The Labute approximate surface area is 523 Å². The Morgan fingerprint density at radius 1 is 0.611 bits per heavy atom. The van der Waals surface area contributed by atoms with E-state index < -0.39 is 151 Å². The summed E-state index contributed by atoms with van der Waals surface area (Å²) in [4.78, 5) is 158. The number of esters is 1. The Morgan fingerprint density at radius 2 is 1.14 bits per heavy atom. The lowest BCUT2D eigenvalue weighted by atomic mass is 10.0. The number of cyclic esters (lactones) is 1. The minimum Gasteiger partial charge on any atom is -0.459 e. The Hall–Kier alpha value is -8.13. The minimum absolute atomic E-state index is 0.0137. The fourth-order valence-corrected chi connectivity index (χ4v) is 9.93. The van der Waals surface area contributed by atoms with Crippen LogP contribution in [0.15, 0.2) is 60.8 Å². The van der Waals surface area contributed by atoms with Crippen molar-refractivity contribution in [1.82, 2.24) is 58.2 Å². The first-order chi connectivity index (χ1) is 43.1. The summed E-state index contributed by atoms with van der Waals surface area (Å²) in [5.74, 6) is -9.80. The largest absolute Gasteiger partial charge is 0.459 e. The van der Waals surface area contributed by atoms with Gasteiger partial charge in [0, 0.05) is 42.9 Å². The van der Waals surface area contributed by atoms with Crippen molar-refractivity contribution in [2.75, 3.05) is 39.3 Å². The molecule has 1 fully saturated rings. The number of carbonyl (C=O) groups is 11. The van der Waals surface area contributed by atoms with E-state index in [1.165, 1.54) is 13.8 Å². The second kappa shape index (κ2) is 39.1. The SMILES string of the molecule is CCCCCCCC(=O)N[C@@H](CCN)C(=O)N[C@H](C(=O)N[C@@H](CCN)C(=O)NC1CCNC(=O)[C@@H](N)[C@@H](C)OC(=O)[C@H](CCN)NC(=O)[C@H](CCN)NC(=O)[C@H](Cc2c[nH]c3ccccc23)NC(=O)[C@@H](Cc2ccccc2)NC(=O)C(CCN)NC1=O)[C@@H](C)O. The number of para-hydroxylation sites is 1. The number of nitrogens with one attached hydrogen (secondary N) is 11. The number of benzene rings is 2. The second-order valence-electron chi connectivity index (χ2n) is 22.3. The molecule has 2 aromatic carbocycles. The molecule has 3 aromatic rings. The number of aliphatic hydroxyl groups is 1. The van der Waals surface area contributed by atoms with Gasteiger partial charge in [-0.05, 0) is 109 Å². The highest BCUT2D eigenvalue weighted by Gasteiger charge is 2.38. The number of unbranched alkanes of at least 4 members (excludes halogenated alkanes) is 4. The van der Waals surface area contributed by atoms with Crippen molar-refractivity contribution in [1.29, 1.82) is 0 Å². The molecule has 498 valence electrons. The molecular weight excluding hydrogens is 1170 g/mol. The lowest BCUT2D eigenvalue weighted by Gasteiger charge is -2.29. The normalized spacial score (nSPS) is 22.5. The molecule has 1 saturated heterocycles. The standard InChI is InChI=1S/C60H95N17O13/c1-4-5-6-7-11-18-48(79)69-40(19-25-61)55(84)77-50(34(2)78)59(88)73-43(22-28-64)51(80)72-44-24-30-67-58(87)49(66)35(3)90-60(89)45(23-29-65)74-52(81)41(20-26-62)71-57(86)47(32-37-33-68-39-17-13-12-16-38(37)39)76-56(85)46(31-36-14-9-8-10-15-36)75-53(82)42(21-27-63)70-54(44)83/h8-10,12-17,33-35,40-47,49-50,68,78H,4-7,11,18-32,61-66H2,1-3H3,(H,67,87)(H,69,79)(H,70,83)(H,71,86)(H,72,80)(H,73,88)(H,74,81)(H,75,82)(H,76,85)(H,77,84)/t34-,35-,40+,41+,42?,43+,44?,45+,46-,47+,49+,50+/m1/s1. The maximum Gasteiger partial charge on any atom is 0.329 e. The maximum absolute atomic E-state index is 14.8. The van der Waals surface area contributed by atoms with Crippen LogP contribution < -0.4 is 87.6 Å². The van der Waals surface area contributed by atoms with E-state index in [9.17, 15) is 57.8 Å². The summed E-state index contributed by atoms with van der Waals surface area (Å²) in [6.07, 6.45) is 1.68. The monoisotopic (exact) mass is 1260 g/mol. The molecular formula is C60H95N17O13. The van der Waals surface area contributed by atoms with Gasteiger partial charge in [0.05, 0.1) is 6.10 Å². The van der Waals surface area contributed by atoms with Gasteiger partial charge in [-0.25, -0.2) is 4.79 Å². The highest BCUT2D eigenvalue weighted by molar-refractivity contribution is 5.99. The molecule has 90 heavy (non-hydrogen) atoms. The van der Waals surface area contributed by atoms with Crippen molar-refractivity contribution in [3.63, 3.8) is 0 Å². The van der Waals surface area contributed by atoms with Crippen LogP contribution in [-0.2, 0) is 70.3 Å². The molecule has 30 nitrogen and oxygen atoms in total. The Balaban J connectivity index is 1.73. The number of amides is 10. The molecule has 4 rings (SSSR count). The number of hydrogen-bond donors (Lipinski definition) is 18.